The van der Waals surface area contributed by atoms with Gasteiger partial charge in [0.2, 0.25) is 0 Å². The second-order valence-electron chi connectivity index (χ2n) is 3.58. The van der Waals surface area contributed by atoms with E-state index in [0.29, 0.717) is 0 Å². The van der Waals surface area contributed by atoms with E-state index in [-0.39, 0.29) is 5.41 Å². The van der Waals surface area contributed by atoms with Crippen molar-refractivity contribution < 1.29 is 4.73 Å². The minimum Gasteiger partial charge on any atom is -0.640 e. The molecule has 0 aliphatic heterocycles. The second-order valence-corrected chi connectivity index (χ2v) is 3.58. The van der Waals surface area contributed by atoms with Crippen LogP contribution >= 0.6 is 0 Å². The minimum atomic E-state index is -0.0977. The molecule has 0 fully saturated rings. The number of nitrogens with zero attached hydrogens (tertiary/aromatic N) is 1. The highest BCUT2D eigenvalue weighted by Gasteiger charge is 2.15. The third-order valence-corrected chi connectivity index (χ3v) is 1.53. The molecule has 0 N–H and O–H groups in total. The second kappa shape index (κ2) is 2.53. The zero-order valence-electron chi connectivity index (χ0n) is 7.09. The van der Waals surface area contributed by atoms with Gasteiger partial charge >= 0.3 is 0 Å². The molecule has 1 heterocycles. The Balaban J connectivity index is 3.14. The Morgan fingerprint density at radius 2 is 2.09 bits per heavy atom. The van der Waals surface area contributed by atoms with Crippen LogP contribution in [0.3, 0.4) is 0 Å². The van der Waals surface area contributed by atoms with Gasteiger partial charge in [-0.05, 0) is 0 Å². The van der Waals surface area contributed by atoms with Crippen LogP contribution in [-0.2, 0) is 5.41 Å². The Hall–Kier alpha value is -1.05. The van der Waals surface area contributed by atoms with Gasteiger partial charge in [-0.3, -0.25) is 4.73 Å². The van der Waals surface area contributed by atoms with Crippen molar-refractivity contribution in [3.63, 3.8) is 0 Å². The smallest absolute Gasteiger partial charge is 0.125 e. The van der Waals surface area contributed by atoms with Gasteiger partial charge in [0, 0.05) is 5.41 Å². The summed E-state index contributed by atoms with van der Waals surface area (Å²) in [6, 6.07) is 5.26. The van der Waals surface area contributed by atoms with Gasteiger partial charge in [0.1, 0.15) is 6.20 Å². The summed E-state index contributed by atoms with van der Waals surface area (Å²) in [5.41, 5.74) is 0.652. The molecular weight excluding hydrogens is 138 g/mol. The van der Waals surface area contributed by atoms with Gasteiger partial charge < -0.3 is 5.21 Å². The molecule has 60 valence electrons. The van der Waals surface area contributed by atoms with Crippen LogP contribution in [0.15, 0.2) is 18.2 Å². The summed E-state index contributed by atoms with van der Waals surface area (Å²) in [5, 5.41) is 11.1. The van der Waals surface area contributed by atoms with E-state index in [1.807, 2.05) is 32.9 Å². The third kappa shape index (κ3) is 1.70. The van der Waals surface area contributed by atoms with Crippen molar-refractivity contribution in [3.8, 4) is 0 Å². The molecule has 0 amide bonds. The number of aromatic nitrogens is 1. The Bertz CT molecular complexity index is 250. The molecule has 0 aliphatic rings. The van der Waals surface area contributed by atoms with E-state index < -0.39 is 0 Å². The van der Waals surface area contributed by atoms with Crippen LogP contribution in [0.2, 0.25) is 0 Å². The van der Waals surface area contributed by atoms with Crippen LogP contribution in [0.1, 0.15) is 26.5 Å². The fourth-order valence-corrected chi connectivity index (χ4v) is 0.942. The van der Waals surface area contributed by atoms with E-state index in [1.165, 1.54) is 0 Å². The SMILES string of the molecule is CC(C)(C)c1ccc[c-][n+]1[O-]. The lowest BCUT2D eigenvalue weighted by Crippen LogP contribution is -2.37. The fourth-order valence-electron chi connectivity index (χ4n) is 0.942. The first-order valence-corrected chi connectivity index (χ1v) is 3.62. The van der Waals surface area contributed by atoms with Crippen LogP contribution in [0.25, 0.3) is 0 Å². The van der Waals surface area contributed by atoms with E-state index in [1.54, 1.807) is 6.07 Å². The van der Waals surface area contributed by atoms with Gasteiger partial charge in [-0.1, -0.05) is 20.8 Å². The van der Waals surface area contributed by atoms with Crippen molar-refractivity contribution in [2.45, 2.75) is 26.2 Å². The van der Waals surface area contributed by atoms with Gasteiger partial charge in [0.15, 0.2) is 0 Å². The van der Waals surface area contributed by atoms with Crippen molar-refractivity contribution >= 4 is 0 Å². The molecule has 2 heteroatoms. The number of pyridine rings is 1. The number of hydrogen-bond acceptors (Lipinski definition) is 1. The van der Waals surface area contributed by atoms with Crippen LogP contribution in [-0.4, -0.2) is 0 Å². The van der Waals surface area contributed by atoms with Gasteiger partial charge in [-0.2, -0.15) is 6.07 Å². The molecule has 0 atom stereocenters. The summed E-state index contributed by atoms with van der Waals surface area (Å²) in [7, 11) is 0. The topological polar surface area (TPSA) is 26.9 Å². The average Bonchev–Trinajstić information content (AvgIpc) is 1.86. The molecule has 0 radical (unpaired) electrons. The van der Waals surface area contributed by atoms with E-state index in [2.05, 4.69) is 6.20 Å². The third-order valence-electron chi connectivity index (χ3n) is 1.53. The molecule has 1 aromatic heterocycles. The van der Waals surface area contributed by atoms with E-state index >= 15 is 0 Å². The molecule has 0 saturated carbocycles. The summed E-state index contributed by atoms with van der Waals surface area (Å²) >= 11 is 0. The molecule has 11 heavy (non-hydrogen) atoms. The standard InChI is InChI=1S/C9H12NO/c1-9(2,3)8-6-4-5-7-10(8)11/h4-6H,1-3H3/q-1. The van der Waals surface area contributed by atoms with E-state index in [4.69, 9.17) is 0 Å². The first-order chi connectivity index (χ1) is 5.02. The maximum atomic E-state index is 11.1. The first-order valence-electron chi connectivity index (χ1n) is 3.62. The minimum absolute atomic E-state index is 0.0977. The predicted octanol–water partition coefficient (Wildman–Crippen LogP) is 1.42. The molecule has 2 nitrogen and oxygen atoms in total. The Kier molecular flexibility index (Phi) is 1.85. The summed E-state index contributed by atoms with van der Waals surface area (Å²) in [6.07, 6.45) is 2.57. The molecule has 1 aromatic rings. The molecular formula is C9H12NO-. The van der Waals surface area contributed by atoms with Crippen molar-refractivity contribution in [3.05, 3.63) is 35.3 Å². The predicted molar refractivity (Wildman–Crippen MR) is 42.9 cm³/mol. The molecule has 0 aromatic carbocycles. The van der Waals surface area contributed by atoms with Gasteiger partial charge in [-0.15, -0.1) is 12.1 Å². The van der Waals surface area contributed by atoms with Crippen LogP contribution in [0.5, 0.6) is 0 Å². The zero-order chi connectivity index (χ0) is 8.48. The highest BCUT2D eigenvalue weighted by atomic mass is 16.5. The monoisotopic (exact) mass is 150 g/mol. The van der Waals surface area contributed by atoms with Gasteiger partial charge in [0.25, 0.3) is 0 Å². The average molecular weight is 150 g/mol. The van der Waals surface area contributed by atoms with Crippen molar-refractivity contribution in [1.82, 2.24) is 0 Å². The van der Waals surface area contributed by atoms with E-state index in [0.717, 1.165) is 10.4 Å². The van der Waals surface area contributed by atoms with Crippen LogP contribution in [0.4, 0.5) is 0 Å². The molecule has 0 bridgehead atoms. The molecule has 0 spiro atoms. The lowest BCUT2D eigenvalue weighted by molar-refractivity contribution is -0.622. The molecule has 1 rings (SSSR count). The summed E-state index contributed by atoms with van der Waals surface area (Å²) in [4.78, 5) is 0. The lowest BCUT2D eigenvalue weighted by Gasteiger charge is -2.22. The zero-order valence-corrected chi connectivity index (χ0v) is 7.09. The Labute approximate surface area is 67.1 Å². The maximum absolute atomic E-state index is 11.1. The number of rotatable bonds is 0. The quantitative estimate of drug-likeness (QED) is 0.312. The maximum Gasteiger partial charge on any atom is 0.125 e. The fraction of sp³-hybridized carbons (Fsp3) is 0.444. The Morgan fingerprint density at radius 1 is 1.45 bits per heavy atom. The summed E-state index contributed by atoms with van der Waals surface area (Å²) < 4.78 is 0.792. The van der Waals surface area contributed by atoms with E-state index in [9.17, 15) is 5.21 Å². The summed E-state index contributed by atoms with van der Waals surface area (Å²) in [5.74, 6) is 0. The normalized spacial score (nSPS) is 11.5. The van der Waals surface area contributed by atoms with Crippen LogP contribution in [0, 0.1) is 11.4 Å². The van der Waals surface area contributed by atoms with Gasteiger partial charge in [0.05, 0.1) is 5.69 Å². The van der Waals surface area contributed by atoms with Crippen molar-refractivity contribution in [2.24, 2.45) is 0 Å². The Morgan fingerprint density at radius 3 is 2.45 bits per heavy atom. The van der Waals surface area contributed by atoms with Crippen molar-refractivity contribution in [1.29, 1.82) is 0 Å². The number of hydrogen-bond donors (Lipinski definition) is 0. The summed E-state index contributed by atoms with van der Waals surface area (Å²) in [6.45, 7) is 6.01. The molecule has 0 aliphatic carbocycles. The molecule has 0 saturated heterocycles. The molecule has 0 unspecified atom stereocenters. The largest absolute Gasteiger partial charge is 0.640 e. The first kappa shape index (κ1) is 8.05. The highest BCUT2D eigenvalue weighted by molar-refractivity contribution is 5.07. The lowest BCUT2D eigenvalue weighted by atomic mass is 9.92. The van der Waals surface area contributed by atoms with Crippen LogP contribution < -0.4 is 4.73 Å². The van der Waals surface area contributed by atoms with Crippen molar-refractivity contribution in [2.75, 3.05) is 0 Å². The highest BCUT2D eigenvalue weighted by Crippen LogP contribution is 2.17. The van der Waals surface area contributed by atoms with Gasteiger partial charge in [-0.25, -0.2) is 0 Å².